The summed E-state index contributed by atoms with van der Waals surface area (Å²) in [5, 5.41) is 0.679. The SMILES string of the molecule is CCC(C)(C)C(=O)c1ccc(Cl)cc1C. The van der Waals surface area contributed by atoms with E-state index < -0.39 is 0 Å². The van der Waals surface area contributed by atoms with Gasteiger partial charge in [0, 0.05) is 16.0 Å². The number of rotatable bonds is 3. The molecule has 0 fully saturated rings. The molecule has 1 rings (SSSR count). The van der Waals surface area contributed by atoms with Crippen LogP contribution in [-0.2, 0) is 0 Å². The molecule has 0 N–H and O–H groups in total. The van der Waals surface area contributed by atoms with Crippen molar-refractivity contribution in [1.29, 1.82) is 0 Å². The fourth-order valence-corrected chi connectivity index (χ4v) is 1.63. The van der Waals surface area contributed by atoms with Gasteiger partial charge in [-0.25, -0.2) is 0 Å². The van der Waals surface area contributed by atoms with Gasteiger partial charge < -0.3 is 0 Å². The normalized spacial score (nSPS) is 11.5. The van der Waals surface area contributed by atoms with Crippen LogP contribution in [0.4, 0.5) is 0 Å². The second kappa shape index (κ2) is 4.36. The molecule has 2 heteroatoms. The Kier molecular flexibility index (Phi) is 3.56. The van der Waals surface area contributed by atoms with Crippen molar-refractivity contribution in [2.75, 3.05) is 0 Å². The molecule has 0 unspecified atom stereocenters. The number of hydrogen-bond acceptors (Lipinski definition) is 1. The number of aryl methyl sites for hydroxylation is 1. The van der Waals surface area contributed by atoms with Crippen molar-refractivity contribution in [3.63, 3.8) is 0 Å². The van der Waals surface area contributed by atoms with Crippen LogP contribution in [-0.4, -0.2) is 5.78 Å². The molecule has 0 radical (unpaired) electrons. The summed E-state index contributed by atoms with van der Waals surface area (Å²) in [4.78, 5) is 12.2. The Hall–Kier alpha value is -0.820. The zero-order valence-corrected chi connectivity index (χ0v) is 10.5. The van der Waals surface area contributed by atoms with Crippen LogP contribution >= 0.6 is 11.6 Å². The van der Waals surface area contributed by atoms with E-state index in [2.05, 4.69) is 0 Å². The number of halogens is 1. The summed E-state index contributed by atoms with van der Waals surface area (Å²) in [7, 11) is 0. The van der Waals surface area contributed by atoms with Crippen molar-refractivity contribution >= 4 is 17.4 Å². The van der Waals surface area contributed by atoms with E-state index in [0.717, 1.165) is 17.5 Å². The molecule has 0 atom stereocenters. The quantitative estimate of drug-likeness (QED) is 0.701. The van der Waals surface area contributed by atoms with Crippen molar-refractivity contribution < 1.29 is 4.79 Å². The fraction of sp³-hybridized carbons (Fsp3) is 0.462. The fourth-order valence-electron chi connectivity index (χ4n) is 1.41. The molecule has 0 aliphatic rings. The molecule has 0 spiro atoms. The highest BCUT2D eigenvalue weighted by Crippen LogP contribution is 2.28. The highest BCUT2D eigenvalue weighted by Gasteiger charge is 2.27. The van der Waals surface area contributed by atoms with Gasteiger partial charge in [-0.15, -0.1) is 0 Å². The van der Waals surface area contributed by atoms with E-state index >= 15 is 0 Å². The van der Waals surface area contributed by atoms with Crippen LogP contribution in [0.25, 0.3) is 0 Å². The van der Waals surface area contributed by atoms with Crippen molar-refractivity contribution in [2.24, 2.45) is 5.41 Å². The van der Waals surface area contributed by atoms with Gasteiger partial charge in [0.2, 0.25) is 0 Å². The molecule has 0 heterocycles. The van der Waals surface area contributed by atoms with Crippen molar-refractivity contribution in [3.05, 3.63) is 34.3 Å². The minimum atomic E-state index is -0.293. The second-order valence-electron chi connectivity index (χ2n) is 4.53. The van der Waals surface area contributed by atoms with Gasteiger partial charge in [-0.05, 0) is 37.1 Å². The Balaban J connectivity index is 3.12. The predicted octanol–water partition coefficient (Wildman–Crippen LogP) is 4.27. The van der Waals surface area contributed by atoms with E-state index in [4.69, 9.17) is 11.6 Å². The molecule has 1 aromatic rings. The van der Waals surface area contributed by atoms with Gasteiger partial charge in [-0.1, -0.05) is 32.4 Å². The summed E-state index contributed by atoms with van der Waals surface area (Å²) in [6.45, 7) is 7.90. The van der Waals surface area contributed by atoms with Crippen LogP contribution in [0.15, 0.2) is 18.2 Å². The Morgan fingerprint density at radius 1 is 1.40 bits per heavy atom. The molecule has 0 amide bonds. The summed E-state index contributed by atoms with van der Waals surface area (Å²) in [6.07, 6.45) is 0.841. The molecule has 0 saturated carbocycles. The third-order valence-electron chi connectivity index (χ3n) is 2.93. The molecular weight excluding hydrogens is 208 g/mol. The Bertz CT molecular complexity index is 380. The zero-order valence-electron chi connectivity index (χ0n) is 9.73. The summed E-state index contributed by atoms with van der Waals surface area (Å²) < 4.78 is 0. The van der Waals surface area contributed by atoms with Gasteiger partial charge in [0.1, 0.15) is 0 Å². The standard InChI is InChI=1S/C13H17ClO/c1-5-13(3,4)12(15)11-7-6-10(14)8-9(11)2/h6-8H,5H2,1-4H3. The van der Waals surface area contributed by atoms with Crippen molar-refractivity contribution in [3.8, 4) is 0 Å². The van der Waals surface area contributed by atoms with E-state index in [1.54, 1.807) is 6.07 Å². The first kappa shape index (κ1) is 12.3. The van der Waals surface area contributed by atoms with E-state index in [1.165, 1.54) is 0 Å². The number of Topliss-reactive ketones (excluding diaryl/α,β-unsaturated/α-hetero) is 1. The number of benzene rings is 1. The number of hydrogen-bond donors (Lipinski definition) is 0. The molecule has 0 aliphatic heterocycles. The minimum absolute atomic E-state index is 0.194. The maximum atomic E-state index is 12.2. The number of carbonyl (C=O) groups is 1. The average molecular weight is 225 g/mol. The van der Waals surface area contributed by atoms with E-state index in [1.807, 2.05) is 39.8 Å². The third-order valence-corrected chi connectivity index (χ3v) is 3.17. The smallest absolute Gasteiger partial charge is 0.168 e. The van der Waals surface area contributed by atoms with Crippen LogP contribution in [0, 0.1) is 12.3 Å². The maximum absolute atomic E-state index is 12.2. The highest BCUT2D eigenvalue weighted by atomic mass is 35.5. The van der Waals surface area contributed by atoms with Crippen LogP contribution in [0.2, 0.25) is 5.02 Å². The van der Waals surface area contributed by atoms with E-state index in [9.17, 15) is 4.79 Å². The Labute approximate surface area is 96.5 Å². The van der Waals surface area contributed by atoms with Crippen LogP contribution < -0.4 is 0 Å². The monoisotopic (exact) mass is 224 g/mol. The summed E-state index contributed by atoms with van der Waals surface area (Å²) in [5.41, 5.74) is 1.44. The van der Waals surface area contributed by atoms with Gasteiger partial charge in [0.25, 0.3) is 0 Å². The first-order chi connectivity index (χ1) is 6.88. The Morgan fingerprint density at radius 2 is 2.00 bits per heavy atom. The highest BCUT2D eigenvalue weighted by molar-refractivity contribution is 6.30. The summed E-state index contributed by atoms with van der Waals surface area (Å²) in [6, 6.07) is 5.42. The van der Waals surface area contributed by atoms with Gasteiger partial charge in [-0.2, -0.15) is 0 Å². The molecule has 0 saturated heterocycles. The molecule has 0 aromatic heterocycles. The molecule has 0 bridgehead atoms. The lowest BCUT2D eigenvalue weighted by atomic mass is 9.81. The largest absolute Gasteiger partial charge is 0.294 e. The maximum Gasteiger partial charge on any atom is 0.168 e. The molecular formula is C13H17ClO. The van der Waals surface area contributed by atoms with Crippen LogP contribution in [0.1, 0.15) is 43.1 Å². The first-order valence-corrected chi connectivity index (χ1v) is 5.57. The van der Waals surface area contributed by atoms with Gasteiger partial charge in [0.15, 0.2) is 5.78 Å². The molecule has 82 valence electrons. The zero-order chi connectivity index (χ0) is 11.6. The van der Waals surface area contributed by atoms with Crippen LogP contribution in [0.5, 0.6) is 0 Å². The average Bonchev–Trinajstić information content (AvgIpc) is 2.17. The van der Waals surface area contributed by atoms with Gasteiger partial charge in [-0.3, -0.25) is 4.79 Å². The number of ketones is 1. The second-order valence-corrected chi connectivity index (χ2v) is 4.96. The summed E-state index contributed by atoms with van der Waals surface area (Å²) >= 11 is 5.86. The lowest BCUT2D eigenvalue weighted by Gasteiger charge is -2.21. The van der Waals surface area contributed by atoms with E-state index in [-0.39, 0.29) is 11.2 Å². The minimum Gasteiger partial charge on any atom is -0.294 e. The lowest BCUT2D eigenvalue weighted by molar-refractivity contribution is 0.0832. The number of carbonyl (C=O) groups excluding carboxylic acids is 1. The van der Waals surface area contributed by atoms with Crippen molar-refractivity contribution in [2.45, 2.75) is 34.1 Å². The predicted molar refractivity (Wildman–Crippen MR) is 64.6 cm³/mol. The molecule has 15 heavy (non-hydrogen) atoms. The molecule has 1 nitrogen and oxygen atoms in total. The van der Waals surface area contributed by atoms with Crippen LogP contribution in [0.3, 0.4) is 0 Å². The van der Waals surface area contributed by atoms with Crippen molar-refractivity contribution in [1.82, 2.24) is 0 Å². The van der Waals surface area contributed by atoms with Gasteiger partial charge >= 0.3 is 0 Å². The Morgan fingerprint density at radius 3 is 2.47 bits per heavy atom. The van der Waals surface area contributed by atoms with E-state index in [0.29, 0.717) is 5.02 Å². The molecule has 1 aromatic carbocycles. The molecule has 0 aliphatic carbocycles. The summed E-state index contributed by atoms with van der Waals surface area (Å²) in [5.74, 6) is 0.194. The topological polar surface area (TPSA) is 17.1 Å². The van der Waals surface area contributed by atoms with Gasteiger partial charge in [0.05, 0.1) is 0 Å². The first-order valence-electron chi connectivity index (χ1n) is 5.19. The third kappa shape index (κ3) is 2.60. The lowest BCUT2D eigenvalue weighted by Crippen LogP contribution is -2.24.